The third-order valence-corrected chi connectivity index (χ3v) is 3.68. The van der Waals surface area contributed by atoms with Crippen LogP contribution in [-0.4, -0.2) is 17.5 Å². The number of rotatable bonds is 4. The van der Waals surface area contributed by atoms with Gasteiger partial charge in [-0.15, -0.1) is 0 Å². The summed E-state index contributed by atoms with van der Waals surface area (Å²) in [7, 11) is 0. The highest BCUT2D eigenvalue weighted by Gasteiger charge is 2.22. The molecule has 2 rings (SSSR count). The average molecular weight is 287 g/mol. The molecule has 1 fully saturated rings. The van der Waals surface area contributed by atoms with Crippen LogP contribution in [0, 0.1) is 5.92 Å². The van der Waals surface area contributed by atoms with E-state index in [1.807, 2.05) is 31.2 Å². The van der Waals surface area contributed by atoms with Crippen molar-refractivity contribution in [3.05, 3.63) is 29.8 Å². The molecule has 5 heteroatoms. The third kappa shape index (κ3) is 4.41. The molecule has 0 spiro atoms. The van der Waals surface area contributed by atoms with Crippen LogP contribution >= 0.6 is 0 Å². The molecule has 21 heavy (non-hydrogen) atoms. The summed E-state index contributed by atoms with van der Waals surface area (Å²) in [6, 6.07) is 7.36. The van der Waals surface area contributed by atoms with E-state index in [-0.39, 0.29) is 17.7 Å². The Hall–Kier alpha value is -2.17. The Morgan fingerprint density at radius 2 is 1.71 bits per heavy atom. The highest BCUT2D eigenvalue weighted by molar-refractivity contribution is 6.00. The van der Waals surface area contributed by atoms with Crippen molar-refractivity contribution in [3.8, 4) is 0 Å². The van der Waals surface area contributed by atoms with E-state index in [1.54, 1.807) is 0 Å². The number of nitrogens with one attached hydrogen (secondary N) is 2. The molecule has 0 bridgehead atoms. The third-order valence-electron chi connectivity index (χ3n) is 3.68. The lowest BCUT2D eigenvalue weighted by Gasteiger charge is -2.08. The number of carbonyl (C=O) groups excluding carboxylic acids is 2. The molecular weight excluding hydrogens is 266 g/mol. The van der Waals surface area contributed by atoms with Crippen LogP contribution in [-0.2, 0) is 9.59 Å². The molecule has 1 aromatic rings. The molecule has 0 atom stereocenters. The summed E-state index contributed by atoms with van der Waals surface area (Å²) >= 11 is 0. The van der Waals surface area contributed by atoms with E-state index >= 15 is 0 Å². The standard InChI is InChI=1S/C16H21N3O2/c1-11(18-19-16(21)14-5-3-4-6-14)13-7-9-15(10-8-13)17-12(2)20/h7-10,14H,3-6H2,1-2H3,(H,17,20)(H,19,21)/b18-11+. The van der Waals surface area contributed by atoms with Gasteiger partial charge < -0.3 is 5.32 Å². The normalized spacial score (nSPS) is 15.8. The zero-order valence-electron chi connectivity index (χ0n) is 12.5. The van der Waals surface area contributed by atoms with Crippen molar-refractivity contribution in [1.82, 2.24) is 5.43 Å². The van der Waals surface area contributed by atoms with Crippen LogP contribution in [0.5, 0.6) is 0 Å². The molecule has 2 N–H and O–H groups in total. The van der Waals surface area contributed by atoms with Gasteiger partial charge in [-0.2, -0.15) is 5.10 Å². The number of benzene rings is 1. The summed E-state index contributed by atoms with van der Waals surface area (Å²) in [6.45, 7) is 3.32. The molecular formula is C16H21N3O2. The van der Waals surface area contributed by atoms with Crippen LogP contribution in [0.1, 0.15) is 45.1 Å². The smallest absolute Gasteiger partial charge is 0.243 e. The Bertz CT molecular complexity index is 543. The molecule has 1 saturated carbocycles. The summed E-state index contributed by atoms with van der Waals surface area (Å²) in [5.74, 6) is 0.0300. The Balaban J connectivity index is 1.95. The molecule has 0 unspecified atom stereocenters. The van der Waals surface area contributed by atoms with Gasteiger partial charge >= 0.3 is 0 Å². The fourth-order valence-electron chi connectivity index (χ4n) is 2.48. The minimum Gasteiger partial charge on any atom is -0.326 e. The fraction of sp³-hybridized carbons (Fsp3) is 0.438. The lowest BCUT2D eigenvalue weighted by molar-refractivity contribution is -0.124. The van der Waals surface area contributed by atoms with Gasteiger partial charge in [0.1, 0.15) is 0 Å². The Morgan fingerprint density at radius 1 is 1.10 bits per heavy atom. The highest BCUT2D eigenvalue weighted by atomic mass is 16.2. The van der Waals surface area contributed by atoms with Gasteiger partial charge in [-0.1, -0.05) is 25.0 Å². The number of hydrogen-bond donors (Lipinski definition) is 2. The summed E-state index contributed by atoms with van der Waals surface area (Å²) in [6.07, 6.45) is 4.19. The first-order valence-electron chi connectivity index (χ1n) is 7.28. The van der Waals surface area contributed by atoms with Gasteiger partial charge in [-0.3, -0.25) is 9.59 Å². The molecule has 1 aromatic carbocycles. The molecule has 0 aliphatic heterocycles. The van der Waals surface area contributed by atoms with Crippen molar-refractivity contribution in [2.45, 2.75) is 39.5 Å². The minimum absolute atomic E-state index is 0.0155. The fourth-order valence-corrected chi connectivity index (χ4v) is 2.48. The summed E-state index contributed by atoms with van der Waals surface area (Å²) in [5, 5.41) is 6.87. The average Bonchev–Trinajstić information content (AvgIpc) is 2.99. The van der Waals surface area contributed by atoms with E-state index in [9.17, 15) is 9.59 Å². The van der Waals surface area contributed by atoms with Crippen LogP contribution in [0.3, 0.4) is 0 Å². The van der Waals surface area contributed by atoms with E-state index in [4.69, 9.17) is 0 Å². The van der Waals surface area contributed by atoms with Crippen molar-refractivity contribution < 1.29 is 9.59 Å². The first-order chi connectivity index (χ1) is 10.1. The number of hydrogen-bond acceptors (Lipinski definition) is 3. The zero-order valence-corrected chi connectivity index (χ0v) is 12.5. The summed E-state index contributed by atoms with van der Waals surface area (Å²) < 4.78 is 0. The Labute approximate surface area is 124 Å². The van der Waals surface area contributed by atoms with Crippen LogP contribution in [0.4, 0.5) is 5.69 Å². The number of amides is 2. The molecule has 0 heterocycles. The van der Waals surface area contributed by atoms with Gasteiger partial charge in [0.25, 0.3) is 0 Å². The van der Waals surface area contributed by atoms with Gasteiger partial charge in [0, 0.05) is 18.5 Å². The van der Waals surface area contributed by atoms with Crippen molar-refractivity contribution in [1.29, 1.82) is 0 Å². The highest BCUT2D eigenvalue weighted by Crippen LogP contribution is 2.24. The Morgan fingerprint density at radius 3 is 2.29 bits per heavy atom. The molecule has 1 aliphatic carbocycles. The van der Waals surface area contributed by atoms with Gasteiger partial charge in [-0.25, -0.2) is 5.43 Å². The second-order valence-corrected chi connectivity index (χ2v) is 5.41. The molecule has 1 aliphatic rings. The lowest BCUT2D eigenvalue weighted by atomic mass is 10.1. The summed E-state index contributed by atoms with van der Waals surface area (Å²) in [5.41, 5.74) is 5.05. The van der Waals surface area contributed by atoms with Crippen LogP contribution in [0.25, 0.3) is 0 Å². The maximum Gasteiger partial charge on any atom is 0.243 e. The SMILES string of the molecule is CC(=O)Nc1ccc(/C(C)=N/NC(=O)C2CCCC2)cc1. The lowest BCUT2D eigenvalue weighted by Crippen LogP contribution is -2.25. The van der Waals surface area contributed by atoms with Crippen molar-refractivity contribution in [2.75, 3.05) is 5.32 Å². The second-order valence-electron chi connectivity index (χ2n) is 5.41. The van der Waals surface area contributed by atoms with E-state index in [0.29, 0.717) is 0 Å². The minimum atomic E-state index is -0.100. The monoisotopic (exact) mass is 287 g/mol. The van der Waals surface area contributed by atoms with Crippen molar-refractivity contribution in [2.24, 2.45) is 11.0 Å². The number of hydrazone groups is 1. The topological polar surface area (TPSA) is 70.6 Å². The number of nitrogens with zero attached hydrogens (tertiary/aromatic N) is 1. The maximum atomic E-state index is 11.9. The molecule has 0 saturated heterocycles. The van der Waals surface area contributed by atoms with Crippen molar-refractivity contribution >= 4 is 23.2 Å². The maximum absolute atomic E-state index is 11.9. The summed E-state index contributed by atoms with van der Waals surface area (Å²) in [4.78, 5) is 22.8. The molecule has 0 radical (unpaired) electrons. The molecule has 2 amide bonds. The first-order valence-corrected chi connectivity index (χ1v) is 7.28. The van der Waals surface area contributed by atoms with E-state index in [1.165, 1.54) is 6.92 Å². The number of anilines is 1. The predicted molar refractivity (Wildman–Crippen MR) is 83.1 cm³/mol. The largest absolute Gasteiger partial charge is 0.326 e. The van der Waals surface area contributed by atoms with Crippen LogP contribution in [0.15, 0.2) is 29.4 Å². The van der Waals surface area contributed by atoms with E-state index in [0.717, 1.165) is 42.6 Å². The predicted octanol–water partition coefficient (Wildman–Crippen LogP) is 2.68. The van der Waals surface area contributed by atoms with E-state index < -0.39 is 0 Å². The van der Waals surface area contributed by atoms with E-state index in [2.05, 4.69) is 15.8 Å². The molecule has 112 valence electrons. The zero-order chi connectivity index (χ0) is 15.2. The van der Waals surface area contributed by atoms with Crippen LogP contribution < -0.4 is 10.7 Å². The van der Waals surface area contributed by atoms with Gasteiger partial charge in [0.15, 0.2) is 0 Å². The van der Waals surface area contributed by atoms with Gasteiger partial charge in [0.2, 0.25) is 11.8 Å². The van der Waals surface area contributed by atoms with Crippen molar-refractivity contribution in [3.63, 3.8) is 0 Å². The number of carbonyl (C=O) groups is 2. The Kier molecular flexibility index (Phi) is 5.09. The second kappa shape index (κ2) is 7.02. The van der Waals surface area contributed by atoms with Crippen LogP contribution in [0.2, 0.25) is 0 Å². The quantitative estimate of drug-likeness (QED) is 0.660. The van der Waals surface area contributed by atoms with Gasteiger partial charge in [0.05, 0.1) is 5.71 Å². The first kappa shape index (κ1) is 15.2. The molecule has 5 nitrogen and oxygen atoms in total. The van der Waals surface area contributed by atoms with Gasteiger partial charge in [-0.05, 0) is 37.5 Å². The molecule has 0 aromatic heterocycles.